The van der Waals surface area contributed by atoms with Crippen LogP contribution in [0.15, 0.2) is 78.9 Å². The number of hydrogen-bond acceptors (Lipinski definition) is 1. The second-order valence-electron chi connectivity index (χ2n) is 5.61. The van der Waals surface area contributed by atoms with Crippen molar-refractivity contribution in [3.63, 3.8) is 0 Å². The first-order chi connectivity index (χ1) is 10.3. The van der Waals surface area contributed by atoms with Crippen molar-refractivity contribution in [3.8, 4) is 11.1 Å². The minimum Gasteiger partial charge on any atom is -0.380 e. The highest BCUT2D eigenvalue weighted by Gasteiger charge is 2.41. The molecule has 0 aliphatic heterocycles. The van der Waals surface area contributed by atoms with Crippen LogP contribution in [0, 0.1) is 0 Å². The van der Waals surface area contributed by atoms with E-state index in [1.165, 1.54) is 0 Å². The summed E-state index contributed by atoms with van der Waals surface area (Å²) in [7, 11) is 0. The zero-order valence-electron chi connectivity index (χ0n) is 11.7. The summed E-state index contributed by atoms with van der Waals surface area (Å²) >= 11 is 0. The third-order valence-electron chi connectivity index (χ3n) is 4.34. The maximum absolute atomic E-state index is 11.4. The van der Waals surface area contributed by atoms with Crippen LogP contribution in [0.4, 0.5) is 0 Å². The summed E-state index contributed by atoms with van der Waals surface area (Å²) in [5.74, 6) is 0. The van der Waals surface area contributed by atoms with Gasteiger partial charge in [0.15, 0.2) is 0 Å². The zero-order chi connectivity index (χ0) is 14.3. The van der Waals surface area contributed by atoms with E-state index in [4.69, 9.17) is 0 Å². The van der Waals surface area contributed by atoms with E-state index in [0.717, 1.165) is 27.8 Å². The number of rotatable bonds is 2. The van der Waals surface area contributed by atoms with E-state index in [1.807, 2.05) is 54.6 Å². The summed E-state index contributed by atoms with van der Waals surface area (Å²) < 4.78 is 0. The van der Waals surface area contributed by atoms with E-state index in [2.05, 4.69) is 24.3 Å². The van der Waals surface area contributed by atoms with Crippen molar-refractivity contribution in [1.82, 2.24) is 0 Å². The zero-order valence-corrected chi connectivity index (χ0v) is 11.7. The van der Waals surface area contributed by atoms with Gasteiger partial charge in [-0.25, -0.2) is 0 Å². The summed E-state index contributed by atoms with van der Waals surface area (Å²) in [5.41, 5.74) is 4.52. The lowest BCUT2D eigenvalue weighted by atomic mass is 9.85. The van der Waals surface area contributed by atoms with Crippen molar-refractivity contribution < 1.29 is 5.11 Å². The molecule has 0 heterocycles. The molecule has 1 N–H and O–H groups in total. The molecule has 0 amide bonds. The third kappa shape index (κ3) is 1.82. The summed E-state index contributed by atoms with van der Waals surface area (Å²) in [6.07, 6.45) is 0.599. The molecule has 0 saturated carbocycles. The van der Waals surface area contributed by atoms with Crippen LogP contribution in [0.1, 0.15) is 16.7 Å². The van der Waals surface area contributed by atoms with E-state index in [0.29, 0.717) is 6.42 Å². The van der Waals surface area contributed by atoms with Gasteiger partial charge in [-0.1, -0.05) is 78.9 Å². The molecule has 1 aliphatic carbocycles. The van der Waals surface area contributed by atoms with Gasteiger partial charge in [-0.15, -0.1) is 0 Å². The average molecular weight is 272 g/mol. The van der Waals surface area contributed by atoms with Crippen LogP contribution in [0.2, 0.25) is 0 Å². The molecule has 0 saturated heterocycles. The normalized spacial score (nSPS) is 14.5. The third-order valence-corrected chi connectivity index (χ3v) is 4.34. The number of fused-ring (bicyclic) bond motifs is 3. The highest BCUT2D eigenvalue weighted by atomic mass is 16.3. The lowest BCUT2D eigenvalue weighted by Gasteiger charge is -2.26. The monoisotopic (exact) mass is 272 g/mol. The quantitative estimate of drug-likeness (QED) is 0.743. The first-order valence-electron chi connectivity index (χ1n) is 7.25. The predicted molar refractivity (Wildman–Crippen MR) is 85.0 cm³/mol. The summed E-state index contributed by atoms with van der Waals surface area (Å²) in [5, 5.41) is 11.4. The molecule has 21 heavy (non-hydrogen) atoms. The Balaban J connectivity index is 1.92. The van der Waals surface area contributed by atoms with Crippen LogP contribution >= 0.6 is 0 Å². The molecular formula is C20H16O. The Kier molecular flexibility index (Phi) is 2.69. The first kappa shape index (κ1) is 12.4. The Hall–Kier alpha value is -2.38. The van der Waals surface area contributed by atoms with Crippen molar-refractivity contribution in [1.29, 1.82) is 0 Å². The maximum Gasteiger partial charge on any atom is 0.120 e. The fourth-order valence-corrected chi connectivity index (χ4v) is 3.38. The van der Waals surface area contributed by atoms with Gasteiger partial charge < -0.3 is 5.11 Å². The molecule has 0 radical (unpaired) electrons. The lowest BCUT2D eigenvalue weighted by molar-refractivity contribution is 0.0860. The Bertz CT molecular complexity index is 744. The number of aliphatic hydroxyl groups is 1. The molecule has 1 heteroatoms. The van der Waals surface area contributed by atoms with Crippen molar-refractivity contribution in [2.75, 3.05) is 0 Å². The predicted octanol–water partition coefficient (Wildman–Crippen LogP) is 4.15. The van der Waals surface area contributed by atoms with Gasteiger partial charge in [-0.05, 0) is 27.8 Å². The molecule has 4 rings (SSSR count). The fraction of sp³-hybridized carbons (Fsp3) is 0.100. The highest BCUT2D eigenvalue weighted by molar-refractivity contribution is 5.80. The standard InChI is InChI=1S/C20H16O/c21-20(14-15-8-2-1-3-9-15)18-12-6-4-10-16(18)17-11-5-7-13-19(17)20/h1-13,21H,14H2. The van der Waals surface area contributed by atoms with Gasteiger partial charge in [0.25, 0.3) is 0 Å². The Morgan fingerprint density at radius 2 is 1.10 bits per heavy atom. The van der Waals surface area contributed by atoms with Crippen molar-refractivity contribution in [2.45, 2.75) is 12.0 Å². The molecule has 0 unspecified atom stereocenters. The lowest BCUT2D eigenvalue weighted by Crippen LogP contribution is -2.27. The highest BCUT2D eigenvalue weighted by Crippen LogP contribution is 2.48. The molecule has 102 valence electrons. The van der Waals surface area contributed by atoms with E-state index in [1.54, 1.807) is 0 Å². The van der Waals surface area contributed by atoms with Crippen LogP contribution in [0.5, 0.6) is 0 Å². The molecule has 1 nitrogen and oxygen atoms in total. The summed E-state index contributed by atoms with van der Waals surface area (Å²) in [6.45, 7) is 0. The van der Waals surface area contributed by atoms with Gasteiger partial charge in [0.2, 0.25) is 0 Å². The minimum atomic E-state index is -0.936. The topological polar surface area (TPSA) is 20.2 Å². The molecule has 0 bridgehead atoms. The number of benzene rings is 3. The van der Waals surface area contributed by atoms with E-state index in [9.17, 15) is 5.11 Å². The molecule has 3 aromatic carbocycles. The minimum absolute atomic E-state index is 0.599. The molecule has 3 aromatic rings. The molecule has 0 aromatic heterocycles. The average Bonchev–Trinajstić information content (AvgIpc) is 2.79. The fourth-order valence-electron chi connectivity index (χ4n) is 3.38. The molecular weight excluding hydrogens is 256 g/mol. The van der Waals surface area contributed by atoms with Gasteiger partial charge in [0, 0.05) is 6.42 Å². The summed E-state index contributed by atoms with van der Waals surface area (Å²) in [6, 6.07) is 26.5. The van der Waals surface area contributed by atoms with Crippen molar-refractivity contribution in [3.05, 3.63) is 95.6 Å². The van der Waals surface area contributed by atoms with E-state index in [-0.39, 0.29) is 0 Å². The van der Waals surface area contributed by atoms with Gasteiger partial charge in [0.1, 0.15) is 5.60 Å². The second kappa shape index (κ2) is 4.57. The van der Waals surface area contributed by atoms with Crippen LogP contribution < -0.4 is 0 Å². The molecule has 0 fully saturated rings. The Morgan fingerprint density at radius 1 is 0.619 bits per heavy atom. The second-order valence-corrected chi connectivity index (χ2v) is 5.61. The smallest absolute Gasteiger partial charge is 0.120 e. The van der Waals surface area contributed by atoms with Crippen LogP contribution in [0.25, 0.3) is 11.1 Å². The van der Waals surface area contributed by atoms with E-state index >= 15 is 0 Å². The molecule has 1 aliphatic rings. The number of hydrogen-bond donors (Lipinski definition) is 1. The summed E-state index contributed by atoms with van der Waals surface area (Å²) in [4.78, 5) is 0. The SMILES string of the molecule is OC1(Cc2ccccc2)c2ccccc2-c2ccccc21. The van der Waals surface area contributed by atoms with Crippen LogP contribution in [-0.4, -0.2) is 5.11 Å². The van der Waals surface area contributed by atoms with Crippen LogP contribution in [0.3, 0.4) is 0 Å². The first-order valence-corrected chi connectivity index (χ1v) is 7.25. The van der Waals surface area contributed by atoms with Gasteiger partial charge in [-0.3, -0.25) is 0 Å². The van der Waals surface area contributed by atoms with Crippen LogP contribution in [-0.2, 0) is 12.0 Å². The Morgan fingerprint density at radius 3 is 1.67 bits per heavy atom. The van der Waals surface area contributed by atoms with Gasteiger partial charge >= 0.3 is 0 Å². The largest absolute Gasteiger partial charge is 0.380 e. The maximum atomic E-state index is 11.4. The van der Waals surface area contributed by atoms with Crippen molar-refractivity contribution >= 4 is 0 Å². The molecule has 0 atom stereocenters. The van der Waals surface area contributed by atoms with Gasteiger partial charge in [0.05, 0.1) is 0 Å². The molecule has 0 spiro atoms. The Labute approximate surface area is 124 Å². The van der Waals surface area contributed by atoms with Gasteiger partial charge in [-0.2, -0.15) is 0 Å². The van der Waals surface area contributed by atoms with Crippen molar-refractivity contribution in [2.24, 2.45) is 0 Å². The van der Waals surface area contributed by atoms with E-state index < -0.39 is 5.60 Å².